The van der Waals surface area contributed by atoms with Gasteiger partial charge in [-0.25, -0.2) is 0 Å². The van der Waals surface area contributed by atoms with Gasteiger partial charge in [-0.3, -0.25) is 10.1 Å². The lowest BCUT2D eigenvalue weighted by Crippen LogP contribution is -2.21. The molecule has 1 aromatic heterocycles. The molecule has 0 radical (unpaired) electrons. The van der Waals surface area contributed by atoms with E-state index in [1.165, 1.54) is 0 Å². The van der Waals surface area contributed by atoms with Crippen molar-refractivity contribution in [3.63, 3.8) is 0 Å². The summed E-state index contributed by atoms with van der Waals surface area (Å²) in [5.74, 6) is 0.701. The molecule has 0 unspecified atom stereocenters. The van der Waals surface area contributed by atoms with Crippen LogP contribution in [0.5, 0.6) is 5.75 Å². The molecule has 0 atom stereocenters. The number of carbonyl (C=O) groups is 1. The highest BCUT2D eigenvalue weighted by Crippen LogP contribution is 2.17. The maximum atomic E-state index is 11.7. The third-order valence-corrected chi connectivity index (χ3v) is 2.47. The lowest BCUT2D eigenvalue weighted by atomic mass is 10.2. The SMILES string of the molecule is CNCc1ccccc1OCC(=O)Nc1nnc(C)o1. The van der Waals surface area contributed by atoms with E-state index < -0.39 is 0 Å². The van der Waals surface area contributed by atoms with Crippen molar-refractivity contribution in [2.75, 3.05) is 19.0 Å². The average molecular weight is 276 g/mol. The Morgan fingerprint density at radius 2 is 2.15 bits per heavy atom. The van der Waals surface area contributed by atoms with Crippen molar-refractivity contribution in [1.29, 1.82) is 0 Å². The van der Waals surface area contributed by atoms with Gasteiger partial charge in [0, 0.05) is 19.0 Å². The zero-order valence-corrected chi connectivity index (χ0v) is 11.3. The fraction of sp³-hybridized carbons (Fsp3) is 0.308. The van der Waals surface area contributed by atoms with Crippen LogP contribution in [0.15, 0.2) is 28.7 Å². The Balaban J connectivity index is 1.90. The highest BCUT2D eigenvalue weighted by atomic mass is 16.5. The number of amides is 1. The molecule has 1 heterocycles. The molecule has 1 aromatic carbocycles. The predicted molar refractivity (Wildman–Crippen MR) is 72.4 cm³/mol. The van der Waals surface area contributed by atoms with E-state index in [0.29, 0.717) is 18.2 Å². The third kappa shape index (κ3) is 3.79. The molecule has 7 heteroatoms. The van der Waals surface area contributed by atoms with E-state index in [-0.39, 0.29) is 18.5 Å². The molecule has 0 spiro atoms. The first-order valence-corrected chi connectivity index (χ1v) is 6.14. The third-order valence-electron chi connectivity index (χ3n) is 2.47. The van der Waals surface area contributed by atoms with Crippen LogP contribution in [0.2, 0.25) is 0 Å². The van der Waals surface area contributed by atoms with Crippen LogP contribution in [0.25, 0.3) is 0 Å². The Kier molecular flexibility index (Phi) is 4.67. The summed E-state index contributed by atoms with van der Waals surface area (Å²) in [5.41, 5.74) is 0.983. The maximum Gasteiger partial charge on any atom is 0.322 e. The Bertz CT molecular complexity index is 583. The molecule has 0 aliphatic heterocycles. The van der Waals surface area contributed by atoms with Crippen molar-refractivity contribution in [3.05, 3.63) is 35.7 Å². The lowest BCUT2D eigenvalue weighted by Gasteiger charge is -2.10. The number of hydrogen-bond acceptors (Lipinski definition) is 6. The molecule has 2 aromatic rings. The van der Waals surface area contributed by atoms with Crippen LogP contribution in [0.1, 0.15) is 11.5 Å². The first-order valence-electron chi connectivity index (χ1n) is 6.14. The van der Waals surface area contributed by atoms with Crippen molar-refractivity contribution < 1.29 is 13.9 Å². The Hall–Kier alpha value is -2.41. The number of carbonyl (C=O) groups excluding carboxylic acids is 1. The molecule has 1 amide bonds. The molecule has 2 N–H and O–H groups in total. The summed E-state index contributed by atoms with van der Waals surface area (Å²) >= 11 is 0. The smallest absolute Gasteiger partial charge is 0.322 e. The number of rotatable bonds is 6. The van der Waals surface area contributed by atoms with Gasteiger partial charge in [-0.1, -0.05) is 23.3 Å². The number of nitrogens with one attached hydrogen (secondary N) is 2. The van der Waals surface area contributed by atoms with Gasteiger partial charge in [0.15, 0.2) is 6.61 Å². The standard InChI is InChI=1S/C13H16N4O3/c1-9-16-17-13(20-9)15-12(18)8-19-11-6-4-3-5-10(11)7-14-2/h3-6,14H,7-8H2,1-2H3,(H,15,17,18). The normalized spacial score (nSPS) is 10.3. The van der Waals surface area contributed by atoms with Gasteiger partial charge in [-0.05, 0) is 13.1 Å². The molecule has 0 fully saturated rings. The van der Waals surface area contributed by atoms with Crippen molar-refractivity contribution in [1.82, 2.24) is 15.5 Å². The summed E-state index contributed by atoms with van der Waals surface area (Å²) in [6.45, 7) is 2.19. The largest absolute Gasteiger partial charge is 0.483 e. The van der Waals surface area contributed by atoms with Crippen LogP contribution in [0, 0.1) is 6.92 Å². The fourth-order valence-electron chi connectivity index (χ4n) is 1.63. The zero-order valence-electron chi connectivity index (χ0n) is 11.3. The Labute approximate surface area is 116 Å². The summed E-state index contributed by atoms with van der Waals surface area (Å²) in [7, 11) is 1.85. The number of benzene rings is 1. The highest BCUT2D eigenvalue weighted by Gasteiger charge is 2.09. The quantitative estimate of drug-likeness (QED) is 0.821. The lowest BCUT2D eigenvalue weighted by molar-refractivity contribution is -0.118. The highest BCUT2D eigenvalue weighted by molar-refractivity contribution is 5.89. The predicted octanol–water partition coefficient (Wildman–Crippen LogP) is 1.11. The van der Waals surface area contributed by atoms with Gasteiger partial charge in [-0.15, -0.1) is 5.10 Å². The van der Waals surface area contributed by atoms with E-state index in [4.69, 9.17) is 9.15 Å². The van der Waals surface area contributed by atoms with Crippen molar-refractivity contribution in [3.8, 4) is 5.75 Å². The van der Waals surface area contributed by atoms with Crippen LogP contribution >= 0.6 is 0 Å². The van der Waals surface area contributed by atoms with Gasteiger partial charge >= 0.3 is 6.01 Å². The van der Waals surface area contributed by atoms with Crippen LogP contribution in [0.3, 0.4) is 0 Å². The second-order valence-corrected chi connectivity index (χ2v) is 4.10. The maximum absolute atomic E-state index is 11.7. The van der Waals surface area contributed by atoms with Gasteiger partial charge < -0.3 is 14.5 Å². The molecule has 106 valence electrons. The minimum absolute atomic E-state index is 0.0691. The zero-order chi connectivity index (χ0) is 14.4. The van der Waals surface area contributed by atoms with E-state index in [0.717, 1.165) is 5.56 Å². The second-order valence-electron chi connectivity index (χ2n) is 4.10. The van der Waals surface area contributed by atoms with Gasteiger partial charge in [-0.2, -0.15) is 0 Å². The van der Waals surface area contributed by atoms with E-state index in [1.54, 1.807) is 6.92 Å². The Morgan fingerprint density at radius 1 is 1.35 bits per heavy atom. The number of para-hydroxylation sites is 1. The molecule has 2 rings (SSSR count). The minimum atomic E-state index is -0.354. The van der Waals surface area contributed by atoms with Crippen LogP contribution in [-0.4, -0.2) is 29.8 Å². The van der Waals surface area contributed by atoms with E-state index >= 15 is 0 Å². The molecule has 0 aliphatic rings. The van der Waals surface area contributed by atoms with Gasteiger partial charge in [0.1, 0.15) is 5.75 Å². The average Bonchev–Trinajstić information content (AvgIpc) is 2.83. The van der Waals surface area contributed by atoms with Crippen LogP contribution in [-0.2, 0) is 11.3 Å². The van der Waals surface area contributed by atoms with Crippen LogP contribution < -0.4 is 15.4 Å². The summed E-state index contributed by atoms with van der Waals surface area (Å²) < 4.78 is 10.5. The van der Waals surface area contributed by atoms with Crippen molar-refractivity contribution in [2.24, 2.45) is 0 Å². The summed E-state index contributed by atoms with van der Waals surface area (Å²) in [6, 6.07) is 7.59. The molecule has 0 saturated heterocycles. The molecular formula is C13H16N4O3. The monoisotopic (exact) mass is 276 g/mol. The molecular weight excluding hydrogens is 260 g/mol. The first kappa shape index (κ1) is 14.0. The number of aromatic nitrogens is 2. The number of nitrogens with zero attached hydrogens (tertiary/aromatic N) is 2. The van der Waals surface area contributed by atoms with Crippen LogP contribution in [0.4, 0.5) is 6.01 Å². The number of hydrogen-bond donors (Lipinski definition) is 2. The van der Waals surface area contributed by atoms with Crippen molar-refractivity contribution in [2.45, 2.75) is 13.5 Å². The van der Waals surface area contributed by atoms with E-state index in [1.807, 2.05) is 31.3 Å². The number of anilines is 1. The van der Waals surface area contributed by atoms with E-state index in [9.17, 15) is 4.79 Å². The second kappa shape index (κ2) is 6.67. The van der Waals surface area contributed by atoms with Gasteiger partial charge in [0.25, 0.3) is 5.91 Å². The molecule has 0 aliphatic carbocycles. The minimum Gasteiger partial charge on any atom is -0.483 e. The topological polar surface area (TPSA) is 89.3 Å². The van der Waals surface area contributed by atoms with Gasteiger partial charge in [0.05, 0.1) is 0 Å². The summed E-state index contributed by atoms with van der Waals surface area (Å²) in [5, 5.41) is 12.8. The molecule has 7 nitrogen and oxygen atoms in total. The molecule has 0 bridgehead atoms. The molecule has 0 saturated carbocycles. The summed E-state index contributed by atoms with van der Waals surface area (Å²) in [6.07, 6.45) is 0. The Morgan fingerprint density at radius 3 is 2.85 bits per heavy atom. The van der Waals surface area contributed by atoms with E-state index in [2.05, 4.69) is 20.8 Å². The fourth-order valence-corrected chi connectivity index (χ4v) is 1.63. The number of ether oxygens (including phenoxy) is 1. The molecule has 20 heavy (non-hydrogen) atoms. The number of aryl methyl sites for hydroxylation is 1. The summed E-state index contributed by atoms with van der Waals surface area (Å²) in [4.78, 5) is 11.7. The van der Waals surface area contributed by atoms with Gasteiger partial charge in [0.2, 0.25) is 5.89 Å². The van der Waals surface area contributed by atoms with Crippen molar-refractivity contribution >= 4 is 11.9 Å². The first-order chi connectivity index (χ1) is 9.69.